The number of hydrogen-bond donors (Lipinski definition) is 2. The Hall–Kier alpha value is -2.88. The molecule has 33 heavy (non-hydrogen) atoms. The third-order valence-corrected chi connectivity index (χ3v) is 7.95. The molecule has 9 heteroatoms. The van der Waals surface area contributed by atoms with Gasteiger partial charge in [0.25, 0.3) is 5.56 Å². The van der Waals surface area contributed by atoms with Crippen LogP contribution in [0.5, 0.6) is 0 Å². The third-order valence-electron chi connectivity index (χ3n) is 7.26. The minimum Gasteiger partial charge on any atom is -0.396 e. The van der Waals surface area contributed by atoms with Crippen LogP contribution in [0.25, 0.3) is 11.1 Å². The number of thiazole rings is 1. The van der Waals surface area contributed by atoms with Gasteiger partial charge in [0.05, 0.1) is 12.1 Å². The number of pyridine rings is 2. The third kappa shape index (κ3) is 3.51. The Morgan fingerprint density at radius 1 is 1.24 bits per heavy atom. The quantitative estimate of drug-likeness (QED) is 0.582. The van der Waals surface area contributed by atoms with Crippen molar-refractivity contribution in [3.05, 3.63) is 64.3 Å². The molecule has 3 aliphatic rings. The first-order valence-electron chi connectivity index (χ1n) is 11.4. The Kier molecular flexibility index (Phi) is 5.12. The van der Waals surface area contributed by atoms with Crippen LogP contribution in [0.1, 0.15) is 24.6 Å². The number of aliphatic hydroxyl groups excluding tert-OH is 1. The number of carbonyl (C=O) groups excluding carboxylic acids is 1. The predicted molar refractivity (Wildman–Crippen MR) is 125 cm³/mol. The number of likely N-dealkylation sites (tertiary alicyclic amines) is 1. The maximum absolute atomic E-state index is 13.4. The van der Waals surface area contributed by atoms with E-state index >= 15 is 0 Å². The highest BCUT2D eigenvalue weighted by atomic mass is 32.1. The van der Waals surface area contributed by atoms with Gasteiger partial charge in [0.15, 0.2) is 5.13 Å². The number of fused-ring (bicyclic) bond motifs is 3. The number of nitrogens with zero attached hydrogens (tertiary/aromatic N) is 4. The van der Waals surface area contributed by atoms with E-state index in [1.165, 1.54) is 11.3 Å². The van der Waals surface area contributed by atoms with Crippen LogP contribution in [0.3, 0.4) is 0 Å². The lowest BCUT2D eigenvalue weighted by Crippen LogP contribution is -2.46. The molecule has 4 atom stereocenters. The number of aliphatic hydroxyl groups is 1. The Morgan fingerprint density at radius 3 is 2.82 bits per heavy atom. The fraction of sp³-hybridized carbons (Fsp3) is 0.417. The molecule has 5 heterocycles. The molecule has 1 saturated heterocycles. The number of rotatable bonds is 6. The minimum atomic E-state index is -0.448. The summed E-state index contributed by atoms with van der Waals surface area (Å²) in [5.74, 6) is 0.182. The van der Waals surface area contributed by atoms with Crippen molar-refractivity contribution in [3.63, 3.8) is 0 Å². The number of nitrogens with one attached hydrogen (secondary N) is 1. The Balaban J connectivity index is 1.38. The van der Waals surface area contributed by atoms with E-state index in [4.69, 9.17) is 0 Å². The van der Waals surface area contributed by atoms with E-state index in [0.29, 0.717) is 23.2 Å². The van der Waals surface area contributed by atoms with Crippen LogP contribution in [-0.4, -0.2) is 49.6 Å². The van der Waals surface area contributed by atoms with Gasteiger partial charge in [0.1, 0.15) is 0 Å². The van der Waals surface area contributed by atoms with Crippen LogP contribution in [0.2, 0.25) is 0 Å². The van der Waals surface area contributed by atoms with E-state index < -0.39 is 6.04 Å². The highest BCUT2D eigenvalue weighted by molar-refractivity contribution is 7.13. The summed E-state index contributed by atoms with van der Waals surface area (Å²) in [5, 5.41) is 15.7. The van der Waals surface area contributed by atoms with Gasteiger partial charge < -0.3 is 15.0 Å². The summed E-state index contributed by atoms with van der Waals surface area (Å²) in [6.07, 6.45) is 7.37. The molecule has 1 aliphatic carbocycles. The monoisotopic (exact) mass is 463 g/mol. The van der Waals surface area contributed by atoms with Gasteiger partial charge in [-0.1, -0.05) is 6.07 Å². The van der Waals surface area contributed by atoms with Gasteiger partial charge in [-0.05, 0) is 37.0 Å². The van der Waals surface area contributed by atoms with Crippen molar-refractivity contribution in [3.8, 4) is 11.1 Å². The molecule has 2 N–H and O–H groups in total. The van der Waals surface area contributed by atoms with Crippen molar-refractivity contribution in [2.24, 2.45) is 17.8 Å². The largest absolute Gasteiger partial charge is 0.396 e. The van der Waals surface area contributed by atoms with Crippen molar-refractivity contribution in [2.45, 2.75) is 31.5 Å². The van der Waals surface area contributed by atoms with Crippen LogP contribution in [-0.2, 0) is 11.3 Å². The van der Waals surface area contributed by atoms with Gasteiger partial charge in [-0.3, -0.25) is 19.5 Å². The van der Waals surface area contributed by atoms with E-state index in [1.807, 2.05) is 34.2 Å². The molecular weight excluding hydrogens is 438 g/mol. The van der Waals surface area contributed by atoms with Crippen molar-refractivity contribution in [1.29, 1.82) is 0 Å². The van der Waals surface area contributed by atoms with Gasteiger partial charge >= 0.3 is 0 Å². The van der Waals surface area contributed by atoms with E-state index in [0.717, 1.165) is 30.6 Å². The van der Waals surface area contributed by atoms with Crippen molar-refractivity contribution >= 4 is 22.4 Å². The predicted octanol–water partition coefficient (Wildman–Crippen LogP) is 2.38. The molecule has 2 aliphatic heterocycles. The molecule has 8 nitrogen and oxygen atoms in total. The zero-order valence-corrected chi connectivity index (χ0v) is 18.8. The van der Waals surface area contributed by atoms with E-state index in [9.17, 15) is 14.7 Å². The number of hydrogen-bond acceptors (Lipinski definition) is 7. The second kappa shape index (κ2) is 8.16. The van der Waals surface area contributed by atoms with Crippen LogP contribution >= 0.6 is 11.3 Å². The molecule has 1 amide bonds. The zero-order valence-electron chi connectivity index (χ0n) is 18.0. The normalized spacial score (nSPS) is 26.2. The fourth-order valence-electron chi connectivity index (χ4n) is 5.62. The average molecular weight is 464 g/mol. The zero-order chi connectivity index (χ0) is 22.5. The minimum absolute atomic E-state index is 0.00218. The number of amides is 1. The maximum atomic E-state index is 13.4. The summed E-state index contributed by atoms with van der Waals surface area (Å²) in [4.78, 5) is 37.4. The molecule has 3 aromatic heterocycles. The molecular formula is C24H25N5O3S. The number of carbonyl (C=O) groups is 1. The summed E-state index contributed by atoms with van der Waals surface area (Å²) in [6.45, 7) is 1.20. The molecule has 2 fully saturated rings. The molecule has 3 aromatic rings. The SMILES string of the molecule is O=C(Nc1nccs1)[C@H]1[C@H](CO)[C@H]2Cn3c(ccc(-c4cccnc4)c3=O)[C@H]2N1CC1CC1. The van der Waals surface area contributed by atoms with Crippen LogP contribution in [0.4, 0.5) is 5.13 Å². The van der Waals surface area contributed by atoms with Crippen LogP contribution < -0.4 is 10.9 Å². The Morgan fingerprint density at radius 2 is 2.12 bits per heavy atom. The van der Waals surface area contributed by atoms with Crippen molar-refractivity contribution in [1.82, 2.24) is 19.4 Å². The van der Waals surface area contributed by atoms with E-state index in [2.05, 4.69) is 20.2 Å². The molecule has 0 aromatic carbocycles. The standard InChI is InChI=1S/C24H25N5O3S/c30-13-18-17-12-28-19(6-5-16(23(28)32)15-2-1-7-25-10-15)20(17)29(11-14-3-4-14)21(18)22(31)27-24-26-8-9-33-24/h1-2,5-10,14,17-18,20-21,30H,3-4,11-13H2,(H,26,27,31)/t17-,18-,20+,21-/m1/s1. The van der Waals surface area contributed by atoms with Crippen molar-refractivity contribution < 1.29 is 9.90 Å². The summed E-state index contributed by atoms with van der Waals surface area (Å²) >= 11 is 1.38. The number of aromatic nitrogens is 3. The maximum Gasteiger partial charge on any atom is 0.258 e. The van der Waals surface area contributed by atoms with Gasteiger partial charge in [-0.15, -0.1) is 11.3 Å². The fourth-order valence-corrected chi connectivity index (χ4v) is 6.15. The second-order valence-corrected chi connectivity index (χ2v) is 10.1. The van der Waals surface area contributed by atoms with Gasteiger partial charge in [0, 0.05) is 72.3 Å². The molecule has 6 rings (SSSR count). The molecule has 1 saturated carbocycles. The Bertz CT molecular complexity index is 1220. The van der Waals surface area contributed by atoms with Crippen LogP contribution in [0.15, 0.2) is 53.0 Å². The highest BCUT2D eigenvalue weighted by Crippen LogP contribution is 2.51. The second-order valence-electron chi connectivity index (χ2n) is 9.20. The van der Waals surface area contributed by atoms with Gasteiger partial charge in [-0.2, -0.15) is 0 Å². The van der Waals surface area contributed by atoms with Crippen molar-refractivity contribution in [2.75, 3.05) is 18.5 Å². The summed E-state index contributed by atoms with van der Waals surface area (Å²) in [7, 11) is 0. The summed E-state index contributed by atoms with van der Waals surface area (Å²) in [6, 6.07) is 7.10. The smallest absolute Gasteiger partial charge is 0.258 e. The topological polar surface area (TPSA) is 100 Å². The molecule has 0 unspecified atom stereocenters. The molecule has 0 radical (unpaired) electrons. The van der Waals surface area contributed by atoms with E-state index in [1.54, 1.807) is 18.6 Å². The van der Waals surface area contributed by atoms with Crippen LogP contribution in [0, 0.1) is 17.8 Å². The lowest BCUT2D eigenvalue weighted by Gasteiger charge is -2.30. The summed E-state index contributed by atoms with van der Waals surface area (Å²) < 4.78 is 1.84. The van der Waals surface area contributed by atoms with Gasteiger partial charge in [0.2, 0.25) is 5.91 Å². The highest BCUT2D eigenvalue weighted by Gasteiger charge is 2.56. The molecule has 0 spiro atoms. The molecule has 0 bridgehead atoms. The lowest BCUT2D eigenvalue weighted by atomic mass is 9.88. The summed E-state index contributed by atoms with van der Waals surface area (Å²) in [5.41, 5.74) is 2.31. The average Bonchev–Trinajstić information content (AvgIpc) is 3.22. The lowest BCUT2D eigenvalue weighted by molar-refractivity contribution is -0.122. The first-order chi connectivity index (χ1) is 16.2. The molecule has 170 valence electrons. The van der Waals surface area contributed by atoms with E-state index in [-0.39, 0.29) is 36.0 Å². The number of anilines is 1. The Labute approximate surface area is 194 Å². The first kappa shape index (κ1) is 20.7. The van der Waals surface area contributed by atoms with Gasteiger partial charge in [-0.25, -0.2) is 4.98 Å². The first-order valence-corrected chi connectivity index (χ1v) is 12.2.